The predicted molar refractivity (Wildman–Crippen MR) is 15.0 cm³/mol. The van der Waals surface area contributed by atoms with Crippen LogP contribution in [0.1, 0.15) is 0 Å². The predicted octanol–water partition coefficient (Wildman–Crippen LogP) is -4.85. The van der Waals surface area contributed by atoms with Crippen LogP contribution in [0.15, 0.2) is 12.7 Å². The molecule has 0 radical (unpaired) electrons. The van der Waals surface area contributed by atoms with Gasteiger partial charge in [0.25, 0.3) is 0 Å². The largest absolute Gasteiger partial charge is 1.00 e. The molecule has 41 valence electrons. The van der Waals surface area contributed by atoms with E-state index in [-0.39, 0.29) is 24.8 Å². The summed E-state index contributed by atoms with van der Waals surface area (Å²) in [7, 11) is 0. The van der Waals surface area contributed by atoms with E-state index in [0.29, 0.717) is 5.39 Å². The zero-order valence-electron chi connectivity index (χ0n) is 3.06. The van der Waals surface area contributed by atoms with E-state index in [1.807, 2.05) is 0 Å². The number of allylic oxidation sites excluding steroid dienone is 1. The zero-order chi connectivity index (χ0) is 3.41. The average molecular weight is 171 g/mol. The fourth-order valence-corrected chi connectivity index (χ4v) is 0. The Morgan fingerprint density at radius 3 is 1.67 bits per heavy atom. The molecule has 0 aliphatic carbocycles. The summed E-state index contributed by atoms with van der Waals surface area (Å²) in [5.74, 6) is 0. The summed E-state index contributed by atoms with van der Waals surface area (Å²) >= 11 is 4.20. The van der Waals surface area contributed by atoms with E-state index in [9.17, 15) is 0 Å². The van der Waals surface area contributed by atoms with Gasteiger partial charge in [-0.25, -0.2) is 0 Å². The maximum absolute atomic E-state index is 4.20. The molecule has 0 aliphatic rings. The second-order valence-corrected chi connectivity index (χ2v) is 0.821. The van der Waals surface area contributed by atoms with Gasteiger partial charge in [-0.3, -0.25) is 0 Å². The summed E-state index contributed by atoms with van der Waals surface area (Å²) in [5.41, 5.74) is 0. The van der Waals surface area contributed by atoms with E-state index in [0.717, 1.165) is 0 Å². The van der Waals surface area contributed by atoms with Gasteiger partial charge >= 0.3 is 33.5 Å². The molecule has 0 unspecified atom stereocenters. The first kappa shape index (κ1) is 15.8. The minimum absolute atomic E-state index is 0. The van der Waals surface area contributed by atoms with Gasteiger partial charge in [0.2, 0.25) is 0 Å². The molecule has 6 heavy (non-hydrogen) atoms. The van der Waals surface area contributed by atoms with Gasteiger partial charge in [-0.05, 0) is 0 Å². The first-order valence-electron chi connectivity index (χ1n) is 1.04. The third-order valence-corrected chi connectivity index (χ3v) is 0.376. The molecular formula is C3H5Cl2Ni. The van der Waals surface area contributed by atoms with E-state index < -0.39 is 0 Å². The maximum Gasteiger partial charge on any atom is -1.00 e. The minimum Gasteiger partial charge on any atom is -1.00 e. The fraction of sp³-hybridized carbons (Fsp3) is 0.333. The molecule has 0 bridgehead atoms. The third kappa shape index (κ3) is 21.3. The Morgan fingerprint density at radius 1 is 1.50 bits per heavy atom. The second-order valence-electron chi connectivity index (χ2n) is 0.418. The van der Waals surface area contributed by atoms with E-state index in [1.54, 1.807) is 6.08 Å². The van der Waals surface area contributed by atoms with Crippen LogP contribution in [0.3, 0.4) is 0 Å². The van der Waals surface area contributed by atoms with Gasteiger partial charge in [0, 0.05) is 0 Å². The normalized spacial score (nSPS) is 4.17. The average Bonchev–Trinajstić information content (AvgIpc) is 1.37. The van der Waals surface area contributed by atoms with Crippen molar-refractivity contribution in [1.82, 2.24) is 0 Å². The monoisotopic (exact) mass is 169 g/mol. The SMILES string of the molecule is C=C[CH2][Ni+2].[Cl-].[Cl-]. The van der Waals surface area contributed by atoms with Crippen LogP contribution < -0.4 is 24.8 Å². The van der Waals surface area contributed by atoms with Crippen LogP contribution in [0.5, 0.6) is 0 Å². The Labute approximate surface area is 58.6 Å². The van der Waals surface area contributed by atoms with Gasteiger partial charge in [-0.1, -0.05) is 0 Å². The molecule has 0 N–H and O–H groups in total. The van der Waals surface area contributed by atoms with Crippen molar-refractivity contribution in [2.45, 2.75) is 5.39 Å². The molecule has 3 heteroatoms. The number of hydrogen-bond donors (Lipinski definition) is 0. The molecule has 0 spiro atoms. The van der Waals surface area contributed by atoms with Crippen LogP contribution in [0.25, 0.3) is 0 Å². The van der Waals surface area contributed by atoms with Crippen LogP contribution in [0.4, 0.5) is 0 Å². The second kappa shape index (κ2) is 17.0. The van der Waals surface area contributed by atoms with Crippen LogP contribution in [-0.4, -0.2) is 0 Å². The summed E-state index contributed by atoms with van der Waals surface area (Å²) in [6.07, 6.45) is 1.71. The smallest absolute Gasteiger partial charge is 1.00 e. The molecule has 0 nitrogen and oxygen atoms in total. The van der Waals surface area contributed by atoms with Crippen molar-refractivity contribution in [1.29, 1.82) is 0 Å². The van der Waals surface area contributed by atoms with Gasteiger partial charge in [0.15, 0.2) is 0 Å². The third-order valence-electron chi connectivity index (χ3n) is 0.0913. The molecule has 0 aromatic heterocycles. The summed E-state index contributed by atoms with van der Waals surface area (Å²) in [5, 5.41) is 0.708. The molecule has 0 saturated carbocycles. The Kier molecular flexibility index (Phi) is 44.9. The van der Waals surface area contributed by atoms with Crippen LogP contribution in [-0.2, 0) is 15.5 Å². The molecule has 0 aromatic carbocycles. The molecule has 0 heterocycles. The van der Waals surface area contributed by atoms with Crippen molar-refractivity contribution in [3.05, 3.63) is 12.7 Å². The van der Waals surface area contributed by atoms with Crippen molar-refractivity contribution in [2.75, 3.05) is 0 Å². The quantitative estimate of drug-likeness (QED) is 0.274. The van der Waals surface area contributed by atoms with Crippen LogP contribution in [0.2, 0.25) is 5.39 Å². The summed E-state index contributed by atoms with van der Waals surface area (Å²) in [6, 6.07) is 0. The van der Waals surface area contributed by atoms with E-state index in [2.05, 4.69) is 22.0 Å². The van der Waals surface area contributed by atoms with Crippen molar-refractivity contribution < 1.29 is 40.3 Å². The van der Waals surface area contributed by atoms with Crippen molar-refractivity contribution in [3.8, 4) is 0 Å². The fourth-order valence-electron chi connectivity index (χ4n) is 0. The van der Waals surface area contributed by atoms with Crippen LogP contribution >= 0.6 is 0 Å². The van der Waals surface area contributed by atoms with Crippen molar-refractivity contribution in [3.63, 3.8) is 0 Å². The Balaban J connectivity index is -0.0000000450. The molecule has 0 fully saturated rings. The Hall–Kier alpha value is 0.814. The zero-order valence-corrected chi connectivity index (χ0v) is 5.56. The molecule has 0 aromatic rings. The number of hydrogen-bond acceptors (Lipinski definition) is 0. The molecule has 0 atom stereocenters. The van der Waals surface area contributed by atoms with E-state index in [1.165, 1.54) is 0 Å². The molecule has 0 rings (SSSR count). The first-order chi connectivity index (χ1) is 1.91. The Morgan fingerprint density at radius 2 is 1.67 bits per heavy atom. The molecule has 0 saturated heterocycles. The number of rotatable bonds is 1. The number of halogens is 2. The van der Waals surface area contributed by atoms with Crippen molar-refractivity contribution in [2.24, 2.45) is 0 Å². The topological polar surface area (TPSA) is 0 Å². The van der Waals surface area contributed by atoms with Gasteiger partial charge in [0.05, 0.1) is 0 Å². The molecule has 0 aliphatic heterocycles. The van der Waals surface area contributed by atoms with E-state index >= 15 is 0 Å². The van der Waals surface area contributed by atoms with E-state index in [4.69, 9.17) is 0 Å². The maximum atomic E-state index is 4.20. The first-order valence-corrected chi connectivity index (χ1v) is 1.74. The van der Waals surface area contributed by atoms with Crippen molar-refractivity contribution >= 4 is 0 Å². The van der Waals surface area contributed by atoms with Gasteiger partial charge < -0.3 is 24.8 Å². The van der Waals surface area contributed by atoms with Gasteiger partial charge in [0.1, 0.15) is 0 Å². The summed E-state index contributed by atoms with van der Waals surface area (Å²) in [6.45, 7) is 3.39. The van der Waals surface area contributed by atoms with Crippen LogP contribution in [0, 0.1) is 0 Å². The summed E-state index contributed by atoms with van der Waals surface area (Å²) < 4.78 is 0. The standard InChI is InChI=1S/C3H5.2ClH.Ni/c1-3-2;;;/h3H,1-2H2;2*1H;/q;;;+2/p-2. The molecule has 0 amide bonds. The summed E-state index contributed by atoms with van der Waals surface area (Å²) in [4.78, 5) is 0. The molecular weight excluding hydrogens is 166 g/mol. The minimum atomic E-state index is 0. The van der Waals surface area contributed by atoms with Gasteiger partial charge in [-0.15, -0.1) is 0 Å². The van der Waals surface area contributed by atoms with Gasteiger partial charge in [-0.2, -0.15) is 0 Å². The Bertz CT molecular complexity index is 22.8.